The Morgan fingerprint density at radius 1 is 1.20 bits per heavy atom. The topological polar surface area (TPSA) is 46.2 Å². The maximum atomic E-state index is 11.8. The Hall–Kier alpha value is -0.870. The summed E-state index contributed by atoms with van der Waals surface area (Å²) in [6.07, 6.45) is 3.53. The van der Waals surface area contributed by atoms with E-state index < -0.39 is 10.0 Å². The molecule has 1 aliphatic carbocycles. The van der Waals surface area contributed by atoms with E-state index in [0.29, 0.717) is 17.4 Å². The van der Waals surface area contributed by atoms with E-state index in [9.17, 15) is 8.42 Å². The molecule has 3 nitrogen and oxygen atoms in total. The molecule has 2 rings (SSSR count). The zero-order valence-corrected chi connectivity index (χ0v) is 9.33. The molecule has 15 heavy (non-hydrogen) atoms. The average Bonchev–Trinajstić information content (AvgIpc) is 2.16. The quantitative estimate of drug-likeness (QED) is 0.848. The van der Waals surface area contributed by atoms with Crippen LogP contribution < -0.4 is 4.72 Å². The smallest absolute Gasteiger partial charge is 0.211 e. The Morgan fingerprint density at radius 3 is 2.40 bits per heavy atom. The predicted octanol–water partition coefficient (Wildman–Crippen LogP) is 1.76. The van der Waals surface area contributed by atoms with Crippen LogP contribution in [-0.2, 0) is 10.0 Å². The lowest BCUT2D eigenvalue weighted by molar-refractivity contribution is 0.316. The van der Waals surface area contributed by atoms with Crippen molar-refractivity contribution >= 4 is 10.0 Å². The molecule has 4 heteroatoms. The molecule has 1 aromatic rings. The summed E-state index contributed by atoms with van der Waals surface area (Å²) in [7, 11) is -3.28. The Morgan fingerprint density at radius 2 is 1.87 bits per heavy atom. The Bertz CT molecular complexity index is 409. The van der Waals surface area contributed by atoms with E-state index in [1.165, 1.54) is 6.42 Å². The molecule has 0 unspecified atom stereocenters. The lowest BCUT2D eigenvalue weighted by atomic mass is 9.86. The number of nitrogens with one attached hydrogen (secondary N) is 1. The van der Waals surface area contributed by atoms with Gasteiger partial charge in [-0.1, -0.05) is 24.6 Å². The fourth-order valence-electron chi connectivity index (χ4n) is 1.61. The first-order valence-electron chi connectivity index (χ1n) is 5.23. The highest BCUT2D eigenvalue weighted by atomic mass is 32.2. The molecular formula is C11H15NO2S. The highest BCUT2D eigenvalue weighted by Crippen LogP contribution is 2.25. The first-order valence-corrected chi connectivity index (χ1v) is 6.71. The molecule has 0 radical (unpaired) electrons. The van der Waals surface area contributed by atoms with Gasteiger partial charge in [-0.15, -0.1) is 0 Å². The van der Waals surface area contributed by atoms with Crippen LogP contribution in [0.5, 0.6) is 0 Å². The first-order chi connectivity index (χ1) is 7.18. The molecule has 0 aromatic heterocycles. The maximum absolute atomic E-state index is 11.8. The fourth-order valence-corrected chi connectivity index (χ4v) is 2.74. The van der Waals surface area contributed by atoms with Gasteiger partial charge >= 0.3 is 0 Å². The second-order valence-electron chi connectivity index (χ2n) is 3.96. The van der Waals surface area contributed by atoms with Crippen molar-refractivity contribution in [3.8, 4) is 0 Å². The molecule has 1 aromatic carbocycles. The first kappa shape index (κ1) is 10.6. The van der Waals surface area contributed by atoms with Crippen LogP contribution in [0.2, 0.25) is 0 Å². The van der Waals surface area contributed by atoms with Crippen molar-refractivity contribution in [2.45, 2.75) is 24.2 Å². The molecule has 1 fully saturated rings. The summed E-state index contributed by atoms with van der Waals surface area (Å²) in [5.74, 6) is 0.545. The van der Waals surface area contributed by atoms with Gasteiger partial charge in [-0.25, -0.2) is 13.1 Å². The molecule has 1 aliphatic rings. The van der Waals surface area contributed by atoms with Gasteiger partial charge in [0.15, 0.2) is 0 Å². The van der Waals surface area contributed by atoms with Gasteiger partial charge in [0.2, 0.25) is 10.0 Å². The maximum Gasteiger partial charge on any atom is 0.240 e. The Kier molecular flexibility index (Phi) is 3.07. The molecular weight excluding hydrogens is 210 g/mol. The monoisotopic (exact) mass is 225 g/mol. The van der Waals surface area contributed by atoms with Crippen LogP contribution in [0.15, 0.2) is 35.2 Å². The number of benzene rings is 1. The number of hydrogen-bond acceptors (Lipinski definition) is 2. The number of rotatable bonds is 4. The van der Waals surface area contributed by atoms with Crippen LogP contribution in [0, 0.1) is 5.92 Å². The van der Waals surface area contributed by atoms with E-state index in [0.717, 1.165) is 12.8 Å². The summed E-state index contributed by atoms with van der Waals surface area (Å²) in [5.41, 5.74) is 0. The van der Waals surface area contributed by atoms with E-state index in [1.54, 1.807) is 24.3 Å². The minimum Gasteiger partial charge on any atom is -0.211 e. The van der Waals surface area contributed by atoms with E-state index >= 15 is 0 Å². The summed E-state index contributed by atoms with van der Waals surface area (Å²) < 4.78 is 26.2. The Labute approximate surface area is 90.6 Å². The summed E-state index contributed by atoms with van der Waals surface area (Å²) in [4.78, 5) is 0.351. The normalized spacial score (nSPS) is 17.3. The third-order valence-corrected chi connectivity index (χ3v) is 4.28. The number of hydrogen-bond donors (Lipinski definition) is 1. The number of sulfonamides is 1. The third-order valence-electron chi connectivity index (χ3n) is 2.84. The molecule has 0 heterocycles. The van der Waals surface area contributed by atoms with E-state index in [1.807, 2.05) is 6.07 Å². The van der Waals surface area contributed by atoms with Gasteiger partial charge in [0.05, 0.1) is 4.90 Å². The molecule has 0 aliphatic heterocycles. The predicted molar refractivity (Wildman–Crippen MR) is 59.0 cm³/mol. The minimum atomic E-state index is -3.28. The third kappa shape index (κ3) is 2.58. The fraction of sp³-hybridized carbons (Fsp3) is 0.455. The van der Waals surface area contributed by atoms with Crippen LogP contribution in [-0.4, -0.2) is 15.0 Å². The van der Waals surface area contributed by atoms with Gasteiger partial charge in [-0.05, 0) is 30.9 Å². The molecule has 0 bridgehead atoms. The van der Waals surface area contributed by atoms with Crippen LogP contribution in [0.25, 0.3) is 0 Å². The van der Waals surface area contributed by atoms with Gasteiger partial charge in [-0.3, -0.25) is 0 Å². The standard InChI is InChI=1S/C11H15NO2S/c13-15(14,11-7-2-1-3-8-11)12-9-10-5-4-6-10/h1-3,7-8,10,12H,4-6,9H2. The largest absolute Gasteiger partial charge is 0.240 e. The van der Waals surface area contributed by atoms with Gasteiger partial charge in [0, 0.05) is 6.54 Å². The van der Waals surface area contributed by atoms with Crippen LogP contribution in [0.1, 0.15) is 19.3 Å². The molecule has 0 amide bonds. The average molecular weight is 225 g/mol. The van der Waals surface area contributed by atoms with Gasteiger partial charge in [0.25, 0.3) is 0 Å². The van der Waals surface area contributed by atoms with Gasteiger partial charge in [0.1, 0.15) is 0 Å². The highest BCUT2D eigenvalue weighted by molar-refractivity contribution is 7.89. The van der Waals surface area contributed by atoms with E-state index in [4.69, 9.17) is 0 Å². The van der Waals surface area contributed by atoms with Crippen molar-refractivity contribution in [3.63, 3.8) is 0 Å². The van der Waals surface area contributed by atoms with Crippen molar-refractivity contribution in [1.82, 2.24) is 4.72 Å². The highest BCUT2D eigenvalue weighted by Gasteiger charge is 2.20. The summed E-state index contributed by atoms with van der Waals surface area (Å²) in [5, 5.41) is 0. The summed E-state index contributed by atoms with van der Waals surface area (Å²) in [6.45, 7) is 0.581. The van der Waals surface area contributed by atoms with Crippen molar-refractivity contribution in [3.05, 3.63) is 30.3 Å². The van der Waals surface area contributed by atoms with Crippen LogP contribution >= 0.6 is 0 Å². The molecule has 0 atom stereocenters. The lowest BCUT2D eigenvalue weighted by Crippen LogP contribution is -2.32. The zero-order valence-electron chi connectivity index (χ0n) is 8.52. The van der Waals surface area contributed by atoms with Crippen molar-refractivity contribution < 1.29 is 8.42 Å². The second-order valence-corrected chi connectivity index (χ2v) is 5.73. The van der Waals surface area contributed by atoms with E-state index in [2.05, 4.69) is 4.72 Å². The summed E-state index contributed by atoms with van der Waals surface area (Å²) in [6, 6.07) is 8.51. The van der Waals surface area contributed by atoms with Gasteiger partial charge in [-0.2, -0.15) is 0 Å². The van der Waals surface area contributed by atoms with Crippen LogP contribution in [0.3, 0.4) is 0 Å². The van der Waals surface area contributed by atoms with Crippen molar-refractivity contribution in [2.75, 3.05) is 6.54 Å². The SMILES string of the molecule is O=S(=O)(NCC1CCC1)c1ccccc1. The van der Waals surface area contributed by atoms with E-state index in [-0.39, 0.29) is 0 Å². The lowest BCUT2D eigenvalue weighted by Gasteiger charge is -2.25. The molecule has 1 saturated carbocycles. The molecule has 0 saturated heterocycles. The molecule has 82 valence electrons. The van der Waals surface area contributed by atoms with Crippen molar-refractivity contribution in [2.24, 2.45) is 5.92 Å². The summed E-state index contributed by atoms with van der Waals surface area (Å²) >= 11 is 0. The molecule has 1 N–H and O–H groups in total. The Balaban J connectivity index is 2.00. The van der Waals surface area contributed by atoms with Gasteiger partial charge < -0.3 is 0 Å². The van der Waals surface area contributed by atoms with Crippen LogP contribution in [0.4, 0.5) is 0 Å². The second kappa shape index (κ2) is 4.33. The zero-order chi connectivity index (χ0) is 10.7. The minimum absolute atomic E-state index is 0.351. The molecule has 0 spiro atoms. The van der Waals surface area contributed by atoms with Crippen molar-refractivity contribution in [1.29, 1.82) is 0 Å².